The highest BCUT2D eigenvalue weighted by molar-refractivity contribution is 5.88. The number of aromatic nitrogens is 2. The van der Waals surface area contributed by atoms with Crippen molar-refractivity contribution in [2.45, 2.75) is 19.0 Å². The van der Waals surface area contributed by atoms with Gasteiger partial charge >= 0.3 is 6.18 Å². The van der Waals surface area contributed by atoms with Crippen LogP contribution < -0.4 is 0 Å². The van der Waals surface area contributed by atoms with E-state index in [9.17, 15) is 22.0 Å². The predicted molar refractivity (Wildman–Crippen MR) is 112 cm³/mol. The molecule has 0 radical (unpaired) electrons. The molecule has 1 heterocycles. The normalized spacial score (nSPS) is 11.3. The van der Waals surface area contributed by atoms with Crippen LogP contribution in [-0.4, -0.2) is 16.1 Å². The van der Waals surface area contributed by atoms with E-state index in [-0.39, 0.29) is 10.8 Å². The number of fused-ring (bicyclic) bond motifs is 1. The first-order chi connectivity index (χ1) is 15.3. The molecular weight excluding hydrogens is 423 g/mol. The van der Waals surface area contributed by atoms with Crippen molar-refractivity contribution < 1.29 is 22.0 Å². The summed E-state index contributed by atoms with van der Waals surface area (Å²) in [5.41, 5.74) is 1.76. The van der Waals surface area contributed by atoms with E-state index in [1.165, 1.54) is 29.7 Å². The minimum Gasteiger partial charge on any atom is -0.236 e. The molecule has 160 valence electrons. The highest BCUT2D eigenvalue weighted by Gasteiger charge is 2.24. The summed E-state index contributed by atoms with van der Waals surface area (Å²) < 4.78 is 65.7. The monoisotopic (exact) mass is 438 g/mol. The zero-order chi connectivity index (χ0) is 22.7. The molecule has 32 heavy (non-hydrogen) atoms. The number of nitrogens with zero attached hydrogens (tertiary/aromatic N) is 2. The van der Waals surface area contributed by atoms with Gasteiger partial charge in [-0.15, -0.1) is 0 Å². The molecular formula is C25H15F5N2. The first-order valence-electron chi connectivity index (χ1n) is 9.67. The fourth-order valence-electron chi connectivity index (χ4n) is 3.28. The number of halogens is 5. The van der Waals surface area contributed by atoms with Gasteiger partial charge in [0.2, 0.25) is 0 Å². The fourth-order valence-corrected chi connectivity index (χ4v) is 3.28. The Balaban J connectivity index is 1.59. The van der Waals surface area contributed by atoms with Crippen LogP contribution in [0.15, 0.2) is 67.0 Å². The number of rotatable bonds is 4. The lowest BCUT2D eigenvalue weighted by Gasteiger charge is -2.07. The summed E-state index contributed by atoms with van der Waals surface area (Å²) in [6.07, 6.45) is 0.166. The highest BCUT2D eigenvalue weighted by atomic mass is 19.4. The van der Waals surface area contributed by atoms with Gasteiger partial charge < -0.3 is 0 Å². The lowest BCUT2D eigenvalue weighted by atomic mass is 10.0. The molecule has 4 rings (SSSR count). The molecule has 0 saturated carbocycles. The van der Waals surface area contributed by atoms with E-state index in [1.807, 2.05) is 30.3 Å². The summed E-state index contributed by atoms with van der Waals surface area (Å²) in [5, 5.41) is 0.132. The van der Waals surface area contributed by atoms with Crippen molar-refractivity contribution in [1.82, 2.24) is 9.97 Å². The van der Waals surface area contributed by atoms with E-state index >= 15 is 0 Å². The average molecular weight is 438 g/mol. The Morgan fingerprint density at radius 2 is 1.50 bits per heavy atom. The van der Waals surface area contributed by atoms with Crippen LogP contribution in [0.4, 0.5) is 22.0 Å². The number of aryl methyl sites for hydroxylation is 2. The molecule has 0 spiro atoms. The predicted octanol–water partition coefficient (Wildman–Crippen LogP) is 6.27. The molecule has 1 aromatic heterocycles. The van der Waals surface area contributed by atoms with Crippen molar-refractivity contribution in [3.8, 4) is 23.2 Å². The molecule has 0 bridgehead atoms. The average Bonchev–Trinajstić information content (AvgIpc) is 2.77. The first-order valence-corrected chi connectivity index (χ1v) is 9.67. The van der Waals surface area contributed by atoms with Crippen molar-refractivity contribution in [3.63, 3.8) is 0 Å². The van der Waals surface area contributed by atoms with Crippen LogP contribution in [0, 0.1) is 23.5 Å². The number of benzene rings is 3. The van der Waals surface area contributed by atoms with E-state index in [4.69, 9.17) is 0 Å². The molecule has 0 N–H and O–H groups in total. The standard InChI is InChI=1S/C25H15F5N2/c26-22-13-19-12-18(8-9-20(19)23(27)21(22)10-11-25(28,29)30)24-31-14-17(15-32-24)7-6-16-4-2-1-3-5-16/h1-5,8-9,12-15H,6-7H2. The zero-order valence-electron chi connectivity index (χ0n) is 16.5. The van der Waals surface area contributed by atoms with Crippen LogP contribution in [0.2, 0.25) is 0 Å². The summed E-state index contributed by atoms with van der Waals surface area (Å²) in [4.78, 5) is 8.68. The summed E-state index contributed by atoms with van der Waals surface area (Å²) in [5.74, 6) is 0.506. The second-order valence-electron chi connectivity index (χ2n) is 7.13. The van der Waals surface area contributed by atoms with Crippen molar-refractivity contribution in [3.05, 3.63) is 95.3 Å². The smallest absolute Gasteiger partial charge is 0.236 e. The lowest BCUT2D eigenvalue weighted by Crippen LogP contribution is -2.02. The second-order valence-corrected chi connectivity index (χ2v) is 7.13. The molecule has 0 unspecified atom stereocenters. The molecule has 0 aliphatic rings. The van der Waals surface area contributed by atoms with Crippen LogP contribution >= 0.6 is 0 Å². The Bertz CT molecular complexity index is 1320. The van der Waals surface area contributed by atoms with Gasteiger partial charge in [0.05, 0.1) is 5.56 Å². The molecule has 0 aliphatic heterocycles. The molecule has 4 aromatic rings. The largest absolute Gasteiger partial charge is 0.458 e. The topological polar surface area (TPSA) is 25.8 Å². The third kappa shape index (κ3) is 4.92. The van der Waals surface area contributed by atoms with Crippen LogP contribution in [0.1, 0.15) is 16.7 Å². The molecule has 7 heteroatoms. The zero-order valence-corrected chi connectivity index (χ0v) is 16.5. The SMILES string of the molecule is Fc1cc2cc(-c3ncc(CCc4ccccc4)cn3)ccc2c(F)c1C#CC(F)(F)F. The lowest BCUT2D eigenvalue weighted by molar-refractivity contribution is -0.0696. The highest BCUT2D eigenvalue weighted by Crippen LogP contribution is 2.28. The van der Waals surface area contributed by atoms with Crippen molar-refractivity contribution in [2.24, 2.45) is 0 Å². The molecule has 0 fully saturated rings. The maximum Gasteiger partial charge on any atom is 0.458 e. The summed E-state index contributed by atoms with van der Waals surface area (Å²) >= 11 is 0. The van der Waals surface area contributed by atoms with Crippen LogP contribution in [-0.2, 0) is 12.8 Å². The van der Waals surface area contributed by atoms with Gasteiger partial charge in [-0.3, -0.25) is 0 Å². The Labute approximate surface area is 180 Å². The van der Waals surface area contributed by atoms with E-state index in [0.717, 1.165) is 30.4 Å². The van der Waals surface area contributed by atoms with Gasteiger partial charge in [-0.05, 0) is 41.5 Å². The maximum absolute atomic E-state index is 14.6. The summed E-state index contributed by atoms with van der Waals surface area (Å²) in [6, 6.07) is 15.3. The number of hydrogen-bond acceptors (Lipinski definition) is 2. The van der Waals surface area contributed by atoms with Crippen LogP contribution in [0.5, 0.6) is 0 Å². The fraction of sp³-hybridized carbons (Fsp3) is 0.120. The van der Waals surface area contributed by atoms with Crippen molar-refractivity contribution in [2.75, 3.05) is 0 Å². The Hall–Kier alpha value is -3.79. The Kier molecular flexibility index (Phi) is 5.87. The van der Waals surface area contributed by atoms with E-state index in [0.29, 0.717) is 11.4 Å². The second kappa shape index (κ2) is 8.75. The Morgan fingerprint density at radius 3 is 2.19 bits per heavy atom. The number of hydrogen-bond donors (Lipinski definition) is 0. The molecule has 2 nitrogen and oxygen atoms in total. The third-order valence-electron chi connectivity index (χ3n) is 4.87. The van der Waals surface area contributed by atoms with E-state index in [2.05, 4.69) is 9.97 Å². The Morgan fingerprint density at radius 1 is 0.812 bits per heavy atom. The van der Waals surface area contributed by atoms with Crippen LogP contribution in [0.3, 0.4) is 0 Å². The van der Waals surface area contributed by atoms with Gasteiger partial charge in [0, 0.05) is 29.3 Å². The maximum atomic E-state index is 14.6. The quantitative estimate of drug-likeness (QED) is 0.277. The molecule has 0 amide bonds. The van der Waals surface area contributed by atoms with Gasteiger partial charge in [-0.1, -0.05) is 48.4 Å². The van der Waals surface area contributed by atoms with E-state index in [1.54, 1.807) is 12.4 Å². The van der Waals surface area contributed by atoms with Crippen LogP contribution in [0.25, 0.3) is 22.2 Å². The van der Waals surface area contributed by atoms with Gasteiger partial charge in [0.15, 0.2) is 5.82 Å². The third-order valence-corrected chi connectivity index (χ3v) is 4.87. The van der Waals surface area contributed by atoms with Gasteiger partial charge in [-0.2, -0.15) is 13.2 Å². The molecule has 0 atom stereocenters. The summed E-state index contributed by atoms with van der Waals surface area (Å²) in [7, 11) is 0. The van der Waals surface area contributed by atoms with Crippen molar-refractivity contribution >= 4 is 10.8 Å². The van der Waals surface area contributed by atoms with Gasteiger partial charge in [-0.25, -0.2) is 18.7 Å². The molecule has 3 aromatic carbocycles. The number of alkyl halides is 3. The van der Waals surface area contributed by atoms with Gasteiger partial charge in [0.1, 0.15) is 11.6 Å². The van der Waals surface area contributed by atoms with E-state index < -0.39 is 23.4 Å². The summed E-state index contributed by atoms with van der Waals surface area (Å²) in [6.45, 7) is 0. The first kappa shape index (κ1) is 21.4. The molecule has 0 saturated heterocycles. The minimum atomic E-state index is -4.84. The minimum absolute atomic E-state index is 0.0406. The van der Waals surface area contributed by atoms with Crippen molar-refractivity contribution in [1.29, 1.82) is 0 Å². The molecule has 0 aliphatic carbocycles. The van der Waals surface area contributed by atoms with Gasteiger partial charge in [0.25, 0.3) is 0 Å².